The molecule has 0 aliphatic heterocycles. The first-order valence-corrected chi connectivity index (χ1v) is 5.77. The van der Waals surface area contributed by atoms with Gasteiger partial charge in [-0.1, -0.05) is 11.6 Å². The van der Waals surface area contributed by atoms with Crippen molar-refractivity contribution >= 4 is 28.9 Å². The zero-order valence-electron chi connectivity index (χ0n) is 9.88. The summed E-state index contributed by atoms with van der Waals surface area (Å²) in [4.78, 5) is 11.9. The highest BCUT2D eigenvalue weighted by atomic mass is 35.5. The fourth-order valence-electron chi connectivity index (χ4n) is 1.55. The molecule has 0 atom stereocenters. The summed E-state index contributed by atoms with van der Waals surface area (Å²) in [5.74, 6) is -3.30. The third kappa shape index (κ3) is 2.85. The zero-order chi connectivity index (χ0) is 14.9. The minimum atomic E-state index is -1.01. The normalized spacial score (nSPS) is 10.4. The Balaban J connectivity index is 2.30. The Labute approximate surface area is 117 Å². The first-order chi connectivity index (χ1) is 9.38. The van der Waals surface area contributed by atoms with Crippen LogP contribution in [0.25, 0.3) is 0 Å². The van der Waals surface area contributed by atoms with E-state index in [9.17, 15) is 18.0 Å². The first kappa shape index (κ1) is 14.2. The Morgan fingerprint density at radius 3 is 2.40 bits per heavy atom. The maximum Gasteiger partial charge on any atom is 0.255 e. The lowest BCUT2D eigenvalue weighted by molar-refractivity contribution is 0.102. The third-order valence-corrected chi connectivity index (χ3v) is 2.80. The number of carbonyl (C=O) groups excluding carboxylic acids is 1. The number of rotatable bonds is 2. The zero-order valence-corrected chi connectivity index (χ0v) is 10.6. The van der Waals surface area contributed by atoms with E-state index in [2.05, 4.69) is 5.32 Å². The molecule has 7 heteroatoms. The van der Waals surface area contributed by atoms with Gasteiger partial charge in [-0.3, -0.25) is 4.79 Å². The van der Waals surface area contributed by atoms with E-state index in [1.165, 1.54) is 6.07 Å². The monoisotopic (exact) mass is 300 g/mol. The van der Waals surface area contributed by atoms with Crippen LogP contribution < -0.4 is 11.1 Å². The number of halogens is 4. The molecule has 0 saturated carbocycles. The number of nitrogen functional groups attached to an aromatic ring is 1. The van der Waals surface area contributed by atoms with Gasteiger partial charge in [0.2, 0.25) is 0 Å². The molecule has 0 unspecified atom stereocenters. The quantitative estimate of drug-likeness (QED) is 0.833. The lowest BCUT2D eigenvalue weighted by atomic mass is 10.2. The Bertz CT molecular complexity index is 668. The average Bonchev–Trinajstić information content (AvgIpc) is 2.36. The lowest BCUT2D eigenvalue weighted by Gasteiger charge is -2.10. The molecule has 104 valence electrons. The Morgan fingerprint density at radius 1 is 1.10 bits per heavy atom. The van der Waals surface area contributed by atoms with Crippen LogP contribution in [0.15, 0.2) is 30.3 Å². The van der Waals surface area contributed by atoms with E-state index in [1.54, 1.807) is 0 Å². The molecule has 3 nitrogen and oxygen atoms in total. The van der Waals surface area contributed by atoms with E-state index < -0.39 is 23.4 Å². The molecular formula is C13H8ClF3N2O. The van der Waals surface area contributed by atoms with Gasteiger partial charge in [-0.15, -0.1) is 0 Å². The van der Waals surface area contributed by atoms with Crippen molar-refractivity contribution in [3.05, 3.63) is 58.4 Å². The van der Waals surface area contributed by atoms with E-state index in [1.807, 2.05) is 0 Å². The number of hydrogen-bond acceptors (Lipinski definition) is 2. The van der Waals surface area contributed by atoms with Gasteiger partial charge in [0.25, 0.3) is 5.91 Å². The van der Waals surface area contributed by atoms with Crippen LogP contribution in [0.3, 0.4) is 0 Å². The van der Waals surface area contributed by atoms with Gasteiger partial charge in [0, 0.05) is 11.6 Å². The van der Waals surface area contributed by atoms with Gasteiger partial charge >= 0.3 is 0 Å². The molecule has 1 amide bonds. The topological polar surface area (TPSA) is 55.1 Å². The SMILES string of the molecule is Nc1cc(F)cc(F)c1NC(=O)c1ccc(F)c(Cl)c1. The molecule has 0 bridgehead atoms. The van der Waals surface area contributed by atoms with Crippen molar-refractivity contribution < 1.29 is 18.0 Å². The maximum absolute atomic E-state index is 13.5. The summed E-state index contributed by atoms with van der Waals surface area (Å²) >= 11 is 5.54. The molecule has 0 aliphatic carbocycles. The number of amides is 1. The highest BCUT2D eigenvalue weighted by molar-refractivity contribution is 6.31. The van der Waals surface area contributed by atoms with Gasteiger partial charge in [0.15, 0.2) is 5.82 Å². The van der Waals surface area contributed by atoms with E-state index >= 15 is 0 Å². The number of nitrogens with one attached hydrogen (secondary N) is 1. The minimum absolute atomic E-state index is 0.0134. The number of nitrogens with two attached hydrogens (primary N) is 1. The predicted molar refractivity (Wildman–Crippen MR) is 70.1 cm³/mol. The Hall–Kier alpha value is -2.21. The van der Waals surface area contributed by atoms with Crippen molar-refractivity contribution in [2.24, 2.45) is 0 Å². The Morgan fingerprint density at radius 2 is 1.80 bits per heavy atom. The van der Waals surface area contributed by atoms with Crippen LogP contribution in [-0.4, -0.2) is 5.91 Å². The van der Waals surface area contributed by atoms with Gasteiger partial charge in [-0.2, -0.15) is 0 Å². The largest absolute Gasteiger partial charge is 0.397 e. The van der Waals surface area contributed by atoms with Crippen LogP contribution in [0.5, 0.6) is 0 Å². The summed E-state index contributed by atoms with van der Waals surface area (Å²) in [5, 5.41) is 1.94. The van der Waals surface area contributed by atoms with Crippen LogP contribution in [0.2, 0.25) is 5.02 Å². The molecule has 0 heterocycles. The molecule has 3 N–H and O–H groups in total. The molecule has 20 heavy (non-hydrogen) atoms. The second-order valence-electron chi connectivity index (χ2n) is 3.93. The molecule has 2 aromatic carbocycles. The van der Waals surface area contributed by atoms with Crippen LogP contribution >= 0.6 is 11.6 Å². The molecule has 0 spiro atoms. The minimum Gasteiger partial charge on any atom is -0.397 e. The fourth-order valence-corrected chi connectivity index (χ4v) is 1.73. The predicted octanol–water partition coefficient (Wildman–Crippen LogP) is 3.59. The van der Waals surface area contributed by atoms with Crippen LogP contribution in [-0.2, 0) is 0 Å². The third-order valence-electron chi connectivity index (χ3n) is 2.51. The summed E-state index contributed by atoms with van der Waals surface area (Å²) in [6.45, 7) is 0. The molecule has 2 rings (SSSR count). The average molecular weight is 301 g/mol. The Kier molecular flexibility index (Phi) is 3.85. The van der Waals surface area contributed by atoms with Crippen molar-refractivity contribution in [3.63, 3.8) is 0 Å². The van der Waals surface area contributed by atoms with E-state index in [4.69, 9.17) is 17.3 Å². The van der Waals surface area contributed by atoms with Crippen molar-refractivity contribution in [3.8, 4) is 0 Å². The summed E-state index contributed by atoms with van der Waals surface area (Å²) in [7, 11) is 0. The summed E-state index contributed by atoms with van der Waals surface area (Å²) in [6, 6.07) is 4.72. The second-order valence-corrected chi connectivity index (χ2v) is 4.34. The van der Waals surface area contributed by atoms with Crippen molar-refractivity contribution in [1.82, 2.24) is 0 Å². The molecule has 0 aliphatic rings. The van der Waals surface area contributed by atoms with E-state index in [0.717, 1.165) is 18.2 Å². The number of hydrogen-bond donors (Lipinski definition) is 2. The number of benzene rings is 2. The lowest BCUT2D eigenvalue weighted by Crippen LogP contribution is -2.15. The molecule has 2 aromatic rings. The standard InChI is InChI=1S/C13H8ClF3N2O/c14-8-3-6(1-2-9(8)16)13(20)19-12-10(17)4-7(15)5-11(12)18/h1-5H,18H2,(H,19,20). The van der Waals surface area contributed by atoms with Gasteiger partial charge < -0.3 is 11.1 Å². The molecular weight excluding hydrogens is 293 g/mol. The van der Waals surface area contributed by atoms with Crippen LogP contribution in [0, 0.1) is 17.5 Å². The van der Waals surface area contributed by atoms with Crippen LogP contribution in [0.4, 0.5) is 24.5 Å². The summed E-state index contributed by atoms with van der Waals surface area (Å²) in [5.41, 5.74) is 4.82. The molecule has 0 radical (unpaired) electrons. The molecule has 0 aromatic heterocycles. The highest BCUT2D eigenvalue weighted by Gasteiger charge is 2.14. The molecule has 0 fully saturated rings. The van der Waals surface area contributed by atoms with Gasteiger partial charge in [-0.05, 0) is 24.3 Å². The van der Waals surface area contributed by atoms with Crippen molar-refractivity contribution in [2.75, 3.05) is 11.1 Å². The van der Waals surface area contributed by atoms with Crippen LogP contribution in [0.1, 0.15) is 10.4 Å². The second kappa shape index (κ2) is 5.42. The maximum atomic E-state index is 13.5. The van der Waals surface area contributed by atoms with Crippen molar-refractivity contribution in [2.45, 2.75) is 0 Å². The first-order valence-electron chi connectivity index (χ1n) is 5.39. The van der Waals surface area contributed by atoms with Gasteiger partial charge in [0.1, 0.15) is 17.3 Å². The smallest absolute Gasteiger partial charge is 0.255 e. The van der Waals surface area contributed by atoms with Crippen molar-refractivity contribution in [1.29, 1.82) is 0 Å². The molecule has 0 saturated heterocycles. The summed E-state index contributed by atoms with van der Waals surface area (Å²) in [6.07, 6.45) is 0. The number of carbonyl (C=O) groups is 1. The van der Waals surface area contributed by atoms with E-state index in [0.29, 0.717) is 6.07 Å². The van der Waals surface area contributed by atoms with E-state index in [-0.39, 0.29) is 22.0 Å². The number of anilines is 2. The van der Waals surface area contributed by atoms with Gasteiger partial charge in [-0.25, -0.2) is 13.2 Å². The highest BCUT2D eigenvalue weighted by Crippen LogP contribution is 2.25. The fraction of sp³-hybridized carbons (Fsp3) is 0. The summed E-state index contributed by atoms with van der Waals surface area (Å²) < 4.78 is 39.4. The van der Waals surface area contributed by atoms with Gasteiger partial charge in [0.05, 0.1) is 10.7 Å².